The van der Waals surface area contributed by atoms with Gasteiger partial charge in [-0.2, -0.15) is 0 Å². The van der Waals surface area contributed by atoms with Crippen molar-refractivity contribution in [2.45, 2.75) is 6.54 Å². The van der Waals surface area contributed by atoms with Crippen molar-refractivity contribution < 1.29 is 19.1 Å². The number of nitrogens with one attached hydrogen (secondary N) is 1. The quantitative estimate of drug-likeness (QED) is 0.571. The van der Waals surface area contributed by atoms with Crippen LogP contribution >= 0.6 is 22.7 Å². The molecule has 0 aliphatic carbocycles. The number of thiophene rings is 2. The number of ether oxygens (including phenoxy) is 2. The number of morpholine rings is 1. The van der Waals surface area contributed by atoms with Crippen molar-refractivity contribution in [2.24, 2.45) is 11.5 Å². The van der Waals surface area contributed by atoms with Crippen LogP contribution < -0.4 is 21.5 Å². The van der Waals surface area contributed by atoms with E-state index in [-0.39, 0.29) is 5.75 Å². The maximum absolute atomic E-state index is 11.2. The molecule has 2 aromatic heterocycles. The summed E-state index contributed by atoms with van der Waals surface area (Å²) < 4.78 is 11.6. The Labute approximate surface area is 175 Å². The number of carbonyl (C=O) groups is 2. The van der Waals surface area contributed by atoms with E-state index in [2.05, 4.69) is 28.4 Å². The molecular formula is C19H20N4O4S2. The first-order valence-corrected chi connectivity index (χ1v) is 10.6. The molecule has 1 aliphatic rings. The Morgan fingerprint density at radius 3 is 2.66 bits per heavy atom. The molecule has 3 amide bonds. The molecule has 29 heavy (non-hydrogen) atoms. The molecule has 8 nitrogen and oxygen atoms in total. The molecule has 1 fully saturated rings. The number of urea groups is 1. The van der Waals surface area contributed by atoms with Gasteiger partial charge in [-0.15, -0.1) is 22.7 Å². The Kier molecular flexibility index (Phi) is 5.67. The molecule has 3 heterocycles. The predicted molar refractivity (Wildman–Crippen MR) is 115 cm³/mol. The van der Waals surface area contributed by atoms with E-state index in [1.54, 1.807) is 17.4 Å². The third kappa shape index (κ3) is 4.67. The van der Waals surface area contributed by atoms with Crippen molar-refractivity contribution in [3.63, 3.8) is 0 Å². The van der Waals surface area contributed by atoms with Gasteiger partial charge in [-0.25, -0.2) is 9.59 Å². The fraction of sp³-hybridized carbons (Fsp3) is 0.263. The molecule has 0 radical (unpaired) electrons. The first kappa shape index (κ1) is 19.6. The highest BCUT2D eigenvalue weighted by Gasteiger charge is 2.17. The summed E-state index contributed by atoms with van der Waals surface area (Å²) in [5, 5.41) is 3.95. The molecule has 0 atom stereocenters. The number of primary amides is 2. The lowest BCUT2D eigenvalue weighted by molar-refractivity contribution is 0.0346. The zero-order valence-corrected chi connectivity index (χ0v) is 17.1. The molecule has 0 spiro atoms. The van der Waals surface area contributed by atoms with Crippen LogP contribution in [0.4, 0.5) is 14.6 Å². The number of amides is 3. The standard InChI is InChI=1S/C19H20N4O4S2/c20-18(24)22-17-14(27-19(21)25)9-16(29-17)11-1-2-15-12(7-11)8-13(28-15)10-23-3-5-26-6-4-23/h1-2,7-9H,3-6,10H2,(H2,21,25)(H3,20,22,24). The van der Waals surface area contributed by atoms with Crippen molar-refractivity contribution in [3.05, 3.63) is 35.2 Å². The molecule has 4 rings (SSSR count). The third-order valence-electron chi connectivity index (χ3n) is 4.48. The van der Waals surface area contributed by atoms with E-state index < -0.39 is 12.1 Å². The number of nitrogens with zero attached hydrogens (tertiary/aromatic N) is 1. The minimum absolute atomic E-state index is 0.176. The summed E-state index contributed by atoms with van der Waals surface area (Å²) in [5.74, 6) is 0.176. The average Bonchev–Trinajstić information content (AvgIpc) is 3.24. The van der Waals surface area contributed by atoms with Gasteiger partial charge in [0.2, 0.25) is 0 Å². The first-order valence-electron chi connectivity index (χ1n) is 8.98. The highest BCUT2D eigenvalue weighted by Crippen LogP contribution is 2.42. The molecule has 0 saturated carbocycles. The second-order valence-corrected chi connectivity index (χ2v) is 8.79. The van der Waals surface area contributed by atoms with Crippen LogP contribution in [0.25, 0.3) is 20.5 Å². The smallest absolute Gasteiger partial charge is 0.407 e. The number of carbonyl (C=O) groups excluding carboxylic acids is 2. The summed E-state index contributed by atoms with van der Waals surface area (Å²) in [6.07, 6.45) is -0.956. The molecule has 3 aromatic rings. The number of fused-ring (bicyclic) bond motifs is 1. The van der Waals surface area contributed by atoms with Crippen LogP contribution in [-0.2, 0) is 11.3 Å². The Morgan fingerprint density at radius 1 is 1.14 bits per heavy atom. The van der Waals surface area contributed by atoms with Crippen LogP contribution in [-0.4, -0.2) is 43.3 Å². The Balaban J connectivity index is 1.60. The molecule has 10 heteroatoms. The summed E-state index contributed by atoms with van der Waals surface area (Å²) >= 11 is 3.04. The molecule has 0 unspecified atom stereocenters. The fourth-order valence-corrected chi connectivity index (χ4v) is 5.28. The van der Waals surface area contributed by atoms with Crippen LogP contribution in [0, 0.1) is 0 Å². The Bertz CT molecular complexity index is 1020. The van der Waals surface area contributed by atoms with Crippen molar-refractivity contribution >= 4 is 49.9 Å². The summed E-state index contributed by atoms with van der Waals surface area (Å²) in [7, 11) is 0. The monoisotopic (exact) mass is 432 g/mol. The van der Waals surface area contributed by atoms with E-state index in [4.69, 9.17) is 20.9 Å². The number of nitrogens with two attached hydrogens (primary N) is 2. The van der Waals surface area contributed by atoms with Crippen molar-refractivity contribution in [1.29, 1.82) is 0 Å². The van der Waals surface area contributed by atoms with Crippen LogP contribution in [0.2, 0.25) is 0 Å². The summed E-state index contributed by atoms with van der Waals surface area (Å²) in [5.41, 5.74) is 11.3. The lowest BCUT2D eigenvalue weighted by atomic mass is 10.1. The van der Waals surface area contributed by atoms with Crippen LogP contribution in [0.3, 0.4) is 0 Å². The molecule has 1 aromatic carbocycles. The van der Waals surface area contributed by atoms with Crippen molar-refractivity contribution in [2.75, 3.05) is 31.6 Å². The maximum atomic E-state index is 11.2. The van der Waals surface area contributed by atoms with Crippen LogP contribution in [0.5, 0.6) is 5.75 Å². The van der Waals surface area contributed by atoms with E-state index in [1.807, 2.05) is 6.07 Å². The average molecular weight is 433 g/mol. The second kappa shape index (κ2) is 8.37. The zero-order chi connectivity index (χ0) is 20.4. The first-order chi connectivity index (χ1) is 14.0. The highest BCUT2D eigenvalue weighted by atomic mass is 32.1. The van der Waals surface area contributed by atoms with Gasteiger partial charge in [-0.3, -0.25) is 10.2 Å². The molecule has 0 bridgehead atoms. The summed E-state index contributed by atoms with van der Waals surface area (Å²) in [6.45, 7) is 4.38. The number of rotatable bonds is 5. The van der Waals surface area contributed by atoms with E-state index in [9.17, 15) is 9.59 Å². The van der Waals surface area contributed by atoms with Gasteiger partial charge in [0.1, 0.15) is 5.00 Å². The minimum Gasteiger partial charge on any atom is -0.407 e. The molecular weight excluding hydrogens is 412 g/mol. The highest BCUT2D eigenvalue weighted by molar-refractivity contribution is 7.20. The normalized spacial score (nSPS) is 14.8. The van der Waals surface area contributed by atoms with E-state index in [1.165, 1.54) is 20.9 Å². The Hall–Kier alpha value is -2.66. The molecule has 5 N–H and O–H groups in total. The van der Waals surface area contributed by atoms with Gasteiger partial charge in [0.25, 0.3) is 0 Å². The second-order valence-electron chi connectivity index (χ2n) is 6.57. The minimum atomic E-state index is -0.956. The van der Waals surface area contributed by atoms with Gasteiger partial charge in [0, 0.05) is 40.2 Å². The lowest BCUT2D eigenvalue weighted by Gasteiger charge is -2.25. The topological polar surface area (TPSA) is 120 Å². The van der Waals surface area contributed by atoms with Gasteiger partial charge in [-0.1, -0.05) is 6.07 Å². The van der Waals surface area contributed by atoms with Crippen LogP contribution in [0.1, 0.15) is 4.88 Å². The van der Waals surface area contributed by atoms with Gasteiger partial charge in [0.15, 0.2) is 5.75 Å². The summed E-state index contributed by atoms with van der Waals surface area (Å²) in [4.78, 5) is 26.9. The van der Waals surface area contributed by atoms with Gasteiger partial charge >= 0.3 is 12.1 Å². The van der Waals surface area contributed by atoms with Gasteiger partial charge in [0.05, 0.1) is 13.2 Å². The lowest BCUT2D eigenvalue weighted by Crippen LogP contribution is -2.35. The van der Waals surface area contributed by atoms with Crippen molar-refractivity contribution in [1.82, 2.24) is 4.90 Å². The Morgan fingerprint density at radius 2 is 1.93 bits per heavy atom. The molecule has 1 aliphatic heterocycles. The maximum Gasteiger partial charge on any atom is 0.410 e. The summed E-state index contributed by atoms with van der Waals surface area (Å²) in [6, 6.07) is 9.30. The number of hydrogen-bond acceptors (Lipinski definition) is 7. The third-order valence-corrected chi connectivity index (χ3v) is 6.66. The molecule has 1 saturated heterocycles. The zero-order valence-electron chi connectivity index (χ0n) is 15.5. The predicted octanol–water partition coefficient (Wildman–Crippen LogP) is 3.41. The number of anilines is 1. The largest absolute Gasteiger partial charge is 0.410 e. The number of hydrogen-bond donors (Lipinski definition) is 3. The number of benzene rings is 1. The van der Waals surface area contributed by atoms with E-state index in [0.29, 0.717) is 5.00 Å². The SMILES string of the molecule is NC(=O)Nc1sc(-c2ccc3sc(CN4CCOCC4)cc3c2)cc1OC(N)=O. The van der Waals surface area contributed by atoms with Crippen LogP contribution in [0.15, 0.2) is 30.3 Å². The fourth-order valence-electron chi connectivity index (χ4n) is 3.21. The van der Waals surface area contributed by atoms with E-state index in [0.717, 1.165) is 48.7 Å². The van der Waals surface area contributed by atoms with Crippen molar-refractivity contribution in [3.8, 4) is 16.2 Å². The van der Waals surface area contributed by atoms with E-state index >= 15 is 0 Å². The van der Waals surface area contributed by atoms with Gasteiger partial charge in [-0.05, 0) is 29.1 Å². The van der Waals surface area contributed by atoms with Gasteiger partial charge < -0.3 is 20.9 Å². The molecule has 152 valence electrons.